The smallest absolute Gasteiger partial charge is 0.162 e. The van der Waals surface area contributed by atoms with Gasteiger partial charge in [0.1, 0.15) is 5.15 Å². The molecule has 0 spiro atoms. The highest BCUT2D eigenvalue weighted by molar-refractivity contribution is 6.34. The molecule has 0 aliphatic carbocycles. The third-order valence-corrected chi connectivity index (χ3v) is 2.66. The topological polar surface area (TPSA) is 30.0 Å². The number of carbonyl (C=O) groups is 1. The number of pyridine rings is 1. The summed E-state index contributed by atoms with van der Waals surface area (Å²) < 4.78 is 0. The Morgan fingerprint density at radius 2 is 2.20 bits per heavy atom. The number of fused-ring (bicyclic) bond motifs is 1. The van der Waals surface area contributed by atoms with Gasteiger partial charge in [-0.15, -0.1) is 0 Å². The molecular weight excluding hydrogens is 210 g/mol. The van der Waals surface area contributed by atoms with E-state index in [0.29, 0.717) is 11.6 Å². The maximum atomic E-state index is 11.5. The van der Waals surface area contributed by atoms with Crippen molar-refractivity contribution in [1.29, 1.82) is 0 Å². The molecule has 1 aromatic heterocycles. The fraction of sp³-hybridized carbons (Fsp3) is 0.167. The predicted octanol–water partition coefficient (Wildman–Crippen LogP) is 3.48. The Kier molecular flexibility index (Phi) is 2.69. The Bertz CT molecular complexity index is 522. The van der Waals surface area contributed by atoms with Crippen LogP contribution in [0.4, 0.5) is 0 Å². The minimum atomic E-state index is 0.143. The predicted molar refractivity (Wildman–Crippen MR) is 61.4 cm³/mol. The largest absolute Gasteiger partial charge is 0.294 e. The number of carbonyl (C=O) groups excluding carboxylic acids is 1. The van der Waals surface area contributed by atoms with Crippen LogP contribution < -0.4 is 0 Å². The van der Waals surface area contributed by atoms with Crippen LogP contribution in [0.25, 0.3) is 10.8 Å². The molecule has 1 heterocycles. The van der Waals surface area contributed by atoms with E-state index in [1.54, 1.807) is 12.3 Å². The molecule has 0 unspecified atom stereocenters. The van der Waals surface area contributed by atoms with Gasteiger partial charge in [-0.05, 0) is 17.5 Å². The lowest BCUT2D eigenvalue weighted by atomic mass is 10.0. The monoisotopic (exact) mass is 219 g/mol. The number of halogens is 1. The fourth-order valence-corrected chi connectivity index (χ4v) is 1.75. The summed E-state index contributed by atoms with van der Waals surface area (Å²) in [7, 11) is 0. The summed E-state index contributed by atoms with van der Waals surface area (Å²) >= 11 is 5.93. The van der Waals surface area contributed by atoms with Gasteiger partial charge < -0.3 is 0 Å². The van der Waals surface area contributed by atoms with Crippen molar-refractivity contribution in [2.24, 2.45) is 0 Å². The van der Waals surface area contributed by atoms with Gasteiger partial charge in [0.25, 0.3) is 0 Å². The maximum Gasteiger partial charge on any atom is 0.162 e. The van der Waals surface area contributed by atoms with Crippen molar-refractivity contribution in [1.82, 2.24) is 4.98 Å². The molecule has 0 aliphatic heterocycles. The maximum absolute atomic E-state index is 11.5. The average molecular weight is 220 g/mol. The number of benzene rings is 1. The van der Waals surface area contributed by atoms with Gasteiger partial charge in [-0.2, -0.15) is 0 Å². The second-order valence-electron chi connectivity index (χ2n) is 3.31. The number of hydrogen-bond donors (Lipinski definition) is 0. The molecule has 0 bridgehead atoms. The Balaban J connectivity index is 2.62. The molecule has 0 aliphatic rings. The third kappa shape index (κ3) is 1.85. The van der Waals surface area contributed by atoms with Crippen LogP contribution in [-0.4, -0.2) is 10.8 Å². The summed E-state index contributed by atoms with van der Waals surface area (Å²) in [6, 6.07) is 7.34. The SMILES string of the molecule is CCC(=O)c1ccc2c(Cl)nccc2c1. The van der Waals surface area contributed by atoms with Crippen molar-refractivity contribution < 1.29 is 4.79 Å². The highest BCUT2D eigenvalue weighted by Crippen LogP contribution is 2.22. The molecule has 0 amide bonds. The van der Waals surface area contributed by atoms with E-state index < -0.39 is 0 Å². The summed E-state index contributed by atoms with van der Waals surface area (Å²) in [6.07, 6.45) is 2.16. The van der Waals surface area contributed by atoms with Crippen molar-refractivity contribution >= 4 is 28.2 Å². The second kappa shape index (κ2) is 3.99. The zero-order chi connectivity index (χ0) is 10.8. The van der Waals surface area contributed by atoms with Crippen LogP contribution in [0.2, 0.25) is 5.15 Å². The fourth-order valence-electron chi connectivity index (χ4n) is 1.52. The summed E-state index contributed by atoms with van der Waals surface area (Å²) in [5.74, 6) is 0.143. The molecule has 2 rings (SSSR count). The number of aromatic nitrogens is 1. The van der Waals surface area contributed by atoms with E-state index in [9.17, 15) is 4.79 Å². The van der Waals surface area contributed by atoms with Gasteiger partial charge >= 0.3 is 0 Å². The quantitative estimate of drug-likeness (QED) is 0.572. The zero-order valence-corrected chi connectivity index (χ0v) is 9.08. The van der Waals surface area contributed by atoms with Crippen LogP contribution in [0.1, 0.15) is 23.7 Å². The molecule has 2 aromatic rings. The lowest BCUT2D eigenvalue weighted by Gasteiger charge is -2.02. The molecule has 1 aromatic carbocycles. The number of nitrogens with zero attached hydrogens (tertiary/aromatic N) is 1. The average Bonchev–Trinajstić information content (AvgIpc) is 2.28. The number of hydrogen-bond acceptors (Lipinski definition) is 2. The molecule has 0 radical (unpaired) electrons. The van der Waals surface area contributed by atoms with Crippen molar-refractivity contribution in [2.45, 2.75) is 13.3 Å². The zero-order valence-electron chi connectivity index (χ0n) is 8.33. The van der Waals surface area contributed by atoms with Gasteiger partial charge in [0.15, 0.2) is 5.78 Å². The van der Waals surface area contributed by atoms with Crippen LogP contribution in [0.3, 0.4) is 0 Å². The Morgan fingerprint density at radius 3 is 2.93 bits per heavy atom. The van der Waals surface area contributed by atoms with Crippen molar-refractivity contribution in [3.8, 4) is 0 Å². The minimum Gasteiger partial charge on any atom is -0.294 e. The first-order valence-corrected chi connectivity index (χ1v) is 5.17. The lowest BCUT2D eigenvalue weighted by molar-refractivity contribution is 0.0988. The third-order valence-electron chi connectivity index (χ3n) is 2.36. The van der Waals surface area contributed by atoms with Crippen LogP contribution >= 0.6 is 11.6 Å². The first-order chi connectivity index (χ1) is 7.22. The van der Waals surface area contributed by atoms with Crippen LogP contribution in [0.15, 0.2) is 30.5 Å². The standard InChI is InChI=1S/C12H10ClNO/c1-2-11(15)9-3-4-10-8(7-9)5-6-14-12(10)13/h3-7H,2H2,1H3. The Hall–Kier alpha value is -1.41. The summed E-state index contributed by atoms with van der Waals surface area (Å²) in [5, 5.41) is 2.31. The van der Waals surface area contributed by atoms with Gasteiger partial charge in [0, 0.05) is 23.6 Å². The molecule has 0 saturated heterocycles. The normalized spacial score (nSPS) is 10.5. The molecule has 2 nitrogen and oxygen atoms in total. The first kappa shape index (κ1) is 10.1. The molecule has 0 atom stereocenters. The Morgan fingerprint density at radius 1 is 1.40 bits per heavy atom. The number of Topliss-reactive ketones (excluding diaryl/α,β-unsaturated/α-hetero) is 1. The molecule has 3 heteroatoms. The summed E-state index contributed by atoms with van der Waals surface area (Å²) in [6.45, 7) is 1.85. The van der Waals surface area contributed by atoms with Gasteiger partial charge in [0.05, 0.1) is 0 Å². The van der Waals surface area contributed by atoms with Gasteiger partial charge in [-0.1, -0.05) is 30.7 Å². The van der Waals surface area contributed by atoms with E-state index in [2.05, 4.69) is 4.98 Å². The van der Waals surface area contributed by atoms with Gasteiger partial charge in [0.2, 0.25) is 0 Å². The van der Waals surface area contributed by atoms with Crippen molar-refractivity contribution in [3.63, 3.8) is 0 Å². The van der Waals surface area contributed by atoms with Crippen molar-refractivity contribution in [2.75, 3.05) is 0 Å². The van der Waals surface area contributed by atoms with Gasteiger partial charge in [-0.3, -0.25) is 4.79 Å². The second-order valence-corrected chi connectivity index (χ2v) is 3.67. The first-order valence-electron chi connectivity index (χ1n) is 4.80. The van der Waals surface area contributed by atoms with E-state index in [1.165, 1.54) is 0 Å². The van der Waals surface area contributed by atoms with E-state index in [1.807, 2.05) is 25.1 Å². The highest BCUT2D eigenvalue weighted by Gasteiger charge is 2.05. The molecule has 15 heavy (non-hydrogen) atoms. The highest BCUT2D eigenvalue weighted by atomic mass is 35.5. The summed E-state index contributed by atoms with van der Waals surface area (Å²) in [5.41, 5.74) is 0.729. The van der Waals surface area contributed by atoms with E-state index >= 15 is 0 Å². The van der Waals surface area contributed by atoms with Crippen LogP contribution in [-0.2, 0) is 0 Å². The van der Waals surface area contributed by atoms with E-state index in [0.717, 1.165) is 16.3 Å². The number of ketones is 1. The minimum absolute atomic E-state index is 0.143. The Labute approximate surface area is 92.9 Å². The van der Waals surface area contributed by atoms with E-state index in [4.69, 9.17) is 11.6 Å². The molecular formula is C12H10ClNO. The molecule has 0 fully saturated rings. The van der Waals surface area contributed by atoms with Crippen LogP contribution in [0.5, 0.6) is 0 Å². The summed E-state index contributed by atoms with van der Waals surface area (Å²) in [4.78, 5) is 15.5. The van der Waals surface area contributed by atoms with Crippen LogP contribution in [0, 0.1) is 0 Å². The molecule has 0 N–H and O–H groups in total. The number of rotatable bonds is 2. The molecule has 76 valence electrons. The van der Waals surface area contributed by atoms with E-state index in [-0.39, 0.29) is 5.78 Å². The van der Waals surface area contributed by atoms with Gasteiger partial charge in [-0.25, -0.2) is 4.98 Å². The van der Waals surface area contributed by atoms with Crippen molar-refractivity contribution in [3.05, 3.63) is 41.2 Å². The lowest BCUT2D eigenvalue weighted by Crippen LogP contribution is -1.95. The molecule has 0 saturated carbocycles.